The molecule has 0 radical (unpaired) electrons. The Labute approximate surface area is 202 Å². The highest BCUT2D eigenvalue weighted by Crippen LogP contribution is 2.38. The number of alkyl halides is 6. The molecule has 2 N–H and O–H groups in total. The highest BCUT2D eigenvalue weighted by atomic mass is 32.1. The molecule has 4 rings (SSSR count). The molecule has 1 aromatic heterocycles. The second-order valence-corrected chi connectivity index (χ2v) is 8.70. The molecule has 0 fully saturated rings. The number of benzene rings is 2. The largest absolute Gasteiger partial charge is 0.416 e. The number of nitrogens with two attached hydrogens (primary N) is 1. The van der Waals surface area contributed by atoms with Crippen molar-refractivity contribution in [2.75, 3.05) is 0 Å². The molecule has 0 saturated carbocycles. The standard InChI is InChI=1S/C24H12F6N4OS/c25-23(26,27)14-5-1-3-12(7-14)8-18-21(35)34-20(33)16(10-31)19(17(11-32)22(34)36-18)13-4-2-6-15(9-13)24(28,29)30/h1-9,19H,33H2/b18-8+/t19-/m0/s1. The molecule has 0 saturated heterocycles. The predicted octanol–water partition coefficient (Wildman–Crippen LogP) is 3.90. The molecule has 12 heteroatoms. The second-order valence-electron chi connectivity index (χ2n) is 7.67. The molecule has 2 heterocycles. The molecule has 36 heavy (non-hydrogen) atoms. The van der Waals surface area contributed by atoms with Gasteiger partial charge in [-0.25, -0.2) is 0 Å². The van der Waals surface area contributed by atoms with Crippen LogP contribution in [0, 0.1) is 22.7 Å². The molecule has 3 aromatic rings. The number of halogens is 6. The number of rotatable bonds is 2. The third-order valence-electron chi connectivity index (χ3n) is 5.45. The van der Waals surface area contributed by atoms with E-state index in [9.17, 15) is 41.7 Å². The van der Waals surface area contributed by atoms with E-state index in [4.69, 9.17) is 5.73 Å². The zero-order valence-electron chi connectivity index (χ0n) is 17.8. The van der Waals surface area contributed by atoms with Crippen LogP contribution in [0.4, 0.5) is 26.3 Å². The molecule has 1 aliphatic rings. The fourth-order valence-electron chi connectivity index (χ4n) is 3.84. The summed E-state index contributed by atoms with van der Waals surface area (Å²) in [6, 6.07) is 11.9. The monoisotopic (exact) mass is 518 g/mol. The Morgan fingerprint density at radius 2 is 1.50 bits per heavy atom. The first kappa shape index (κ1) is 24.8. The summed E-state index contributed by atoms with van der Waals surface area (Å²) in [6.07, 6.45) is -8.11. The molecule has 5 nitrogen and oxygen atoms in total. The first-order chi connectivity index (χ1) is 16.9. The molecule has 1 aliphatic heterocycles. The van der Waals surface area contributed by atoms with E-state index in [1.165, 1.54) is 24.3 Å². The molecule has 0 aliphatic carbocycles. The van der Waals surface area contributed by atoms with Crippen LogP contribution < -0.4 is 20.5 Å². The SMILES string of the molecule is N#CC1=C(N)n2c(s/c(=C/c3cccc(C(F)(F)F)c3)c2=O)=C(C#N)[C@H]1c1cccc(C(F)(F)F)c1. The van der Waals surface area contributed by atoms with E-state index in [0.29, 0.717) is 0 Å². The molecule has 0 unspecified atom stereocenters. The van der Waals surface area contributed by atoms with Gasteiger partial charge in [-0.3, -0.25) is 9.36 Å². The summed E-state index contributed by atoms with van der Waals surface area (Å²) in [5.41, 5.74) is 2.89. The van der Waals surface area contributed by atoms with Gasteiger partial charge in [0.15, 0.2) is 0 Å². The topological polar surface area (TPSA) is 95.6 Å². The maximum Gasteiger partial charge on any atom is 0.416 e. The molecular weight excluding hydrogens is 506 g/mol. The van der Waals surface area contributed by atoms with Crippen LogP contribution in [0.1, 0.15) is 28.2 Å². The van der Waals surface area contributed by atoms with Crippen molar-refractivity contribution in [2.24, 2.45) is 5.73 Å². The Morgan fingerprint density at radius 3 is 2.08 bits per heavy atom. The van der Waals surface area contributed by atoms with Crippen molar-refractivity contribution in [3.63, 3.8) is 0 Å². The minimum atomic E-state index is -4.68. The lowest BCUT2D eigenvalue weighted by Crippen LogP contribution is -2.38. The molecule has 1 atom stereocenters. The summed E-state index contributed by atoms with van der Waals surface area (Å²) in [5, 5.41) is 19.6. The maximum absolute atomic E-state index is 13.3. The van der Waals surface area contributed by atoms with E-state index in [-0.39, 0.29) is 37.3 Å². The van der Waals surface area contributed by atoms with Gasteiger partial charge >= 0.3 is 12.4 Å². The first-order valence-electron chi connectivity index (χ1n) is 9.99. The van der Waals surface area contributed by atoms with Gasteiger partial charge in [-0.05, 0) is 35.4 Å². The minimum absolute atomic E-state index is 0.0281. The van der Waals surface area contributed by atoms with Crippen LogP contribution in [0.15, 0.2) is 58.9 Å². The number of nitriles is 2. The van der Waals surface area contributed by atoms with Crippen molar-refractivity contribution in [2.45, 2.75) is 18.3 Å². The summed E-state index contributed by atoms with van der Waals surface area (Å²) in [6.45, 7) is 0. The van der Waals surface area contributed by atoms with Crippen molar-refractivity contribution >= 4 is 28.8 Å². The van der Waals surface area contributed by atoms with Crippen molar-refractivity contribution in [3.05, 3.63) is 95.9 Å². The van der Waals surface area contributed by atoms with Crippen molar-refractivity contribution in [3.8, 4) is 12.1 Å². The van der Waals surface area contributed by atoms with Gasteiger partial charge in [0.25, 0.3) is 5.56 Å². The van der Waals surface area contributed by atoms with Crippen molar-refractivity contribution < 1.29 is 26.3 Å². The number of aromatic nitrogens is 1. The Balaban J connectivity index is 2.00. The first-order valence-corrected chi connectivity index (χ1v) is 10.8. The number of fused-ring (bicyclic) bond motifs is 1. The Kier molecular flexibility index (Phi) is 6.02. The molecule has 2 aromatic carbocycles. The fourth-order valence-corrected chi connectivity index (χ4v) is 4.96. The van der Waals surface area contributed by atoms with Gasteiger partial charge in [-0.1, -0.05) is 30.3 Å². The van der Waals surface area contributed by atoms with Gasteiger partial charge in [-0.15, -0.1) is 11.3 Å². The van der Waals surface area contributed by atoms with Crippen LogP contribution in [0.5, 0.6) is 0 Å². The highest BCUT2D eigenvalue weighted by molar-refractivity contribution is 7.07. The number of allylic oxidation sites excluding steroid dienone is 1. The van der Waals surface area contributed by atoms with Crippen molar-refractivity contribution in [1.82, 2.24) is 4.57 Å². The highest BCUT2D eigenvalue weighted by Gasteiger charge is 2.35. The normalized spacial score (nSPS) is 16.5. The van der Waals surface area contributed by atoms with Gasteiger partial charge in [0.1, 0.15) is 10.5 Å². The predicted molar refractivity (Wildman–Crippen MR) is 119 cm³/mol. The lowest BCUT2D eigenvalue weighted by molar-refractivity contribution is -0.138. The Hall–Kier alpha value is -4.29. The molecule has 0 bridgehead atoms. The second kappa shape index (κ2) is 8.73. The van der Waals surface area contributed by atoms with Crippen LogP contribution in [0.25, 0.3) is 17.5 Å². The van der Waals surface area contributed by atoms with E-state index >= 15 is 0 Å². The molecule has 0 spiro atoms. The van der Waals surface area contributed by atoms with Gasteiger partial charge in [0.2, 0.25) is 0 Å². The number of hydrogen-bond donors (Lipinski definition) is 1. The van der Waals surface area contributed by atoms with E-state index in [2.05, 4.69) is 0 Å². The number of nitrogens with zero attached hydrogens (tertiary/aromatic N) is 3. The number of thiazole rings is 1. The smallest absolute Gasteiger partial charge is 0.384 e. The van der Waals surface area contributed by atoms with E-state index in [0.717, 1.165) is 46.2 Å². The van der Waals surface area contributed by atoms with Crippen LogP contribution in [-0.4, -0.2) is 4.57 Å². The van der Waals surface area contributed by atoms with Gasteiger partial charge in [-0.2, -0.15) is 36.9 Å². The average Bonchev–Trinajstić information content (AvgIpc) is 3.14. The van der Waals surface area contributed by atoms with E-state index in [1.54, 1.807) is 6.07 Å². The van der Waals surface area contributed by atoms with Gasteiger partial charge < -0.3 is 5.73 Å². The van der Waals surface area contributed by atoms with Gasteiger partial charge in [0, 0.05) is 0 Å². The quantitative estimate of drug-likeness (QED) is 0.521. The molecule has 0 amide bonds. The zero-order chi connectivity index (χ0) is 26.4. The molecule has 182 valence electrons. The van der Waals surface area contributed by atoms with Gasteiger partial charge in [0.05, 0.1) is 44.9 Å². The summed E-state index contributed by atoms with van der Waals surface area (Å²) < 4.78 is 79.8. The summed E-state index contributed by atoms with van der Waals surface area (Å²) in [5.74, 6) is -1.65. The summed E-state index contributed by atoms with van der Waals surface area (Å²) in [4.78, 5) is 13.1. The Bertz CT molecular complexity index is 1680. The summed E-state index contributed by atoms with van der Waals surface area (Å²) >= 11 is 0.736. The number of hydrogen-bond acceptors (Lipinski definition) is 5. The lowest BCUT2D eigenvalue weighted by Gasteiger charge is -2.23. The molecular formula is C24H12F6N4OS. The minimum Gasteiger partial charge on any atom is -0.384 e. The third kappa shape index (κ3) is 4.27. The van der Waals surface area contributed by atoms with Crippen LogP contribution in [0.2, 0.25) is 0 Å². The zero-order valence-corrected chi connectivity index (χ0v) is 18.6. The van der Waals surface area contributed by atoms with E-state index < -0.39 is 35.0 Å². The van der Waals surface area contributed by atoms with E-state index in [1.807, 2.05) is 6.07 Å². The van der Waals surface area contributed by atoms with Crippen molar-refractivity contribution in [1.29, 1.82) is 10.5 Å². The van der Waals surface area contributed by atoms with Crippen LogP contribution in [-0.2, 0) is 12.4 Å². The Morgan fingerprint density at radius 1 is 0.917 bits per heavy atom. The fraction of sp³-hybridized carbons (Fsp3) is 0.125. The van der Waals surface area contributed by atoms with Crippen LogP contribution >= 0.6 is 11.3 Å². The summed E-state index contributed by atoms with van der Waals surface area (Å²) in [7, 11) is 0. The third-order valence-corrected chi connectivity index (χ3v) is 6.56. The van der Waals surface area contributed by atoms with Crippen LogP contribution in [0.3, 0.4) is 0 Å². The maximum atomic E-state index is 13.3. The lowest BCUT2D eigenvalue weighted by atomic mass is 9.84. The average molecular weight is 518 g/mol.